The van der Waals surface area contributed by atoms with Crippen molar-refractivity contribution in [2.24, 2.45) is 0 Å². The molecule has 1 heterocycles. The Morgan fingerprint density at radius 2 is 2.11 bits per heavy atom. The van der Waals surface area contributed by atoms with E-state index in [0.29, 0.717) is 17.7 Å². The minimum absolute atomic E-state index is 0.0253. The van der Waals surface area contributed by atoms with Gasteiger partial charge in [-0.3, -0.25) is 0 Å². The van der Waals surface area contributed by atoms with E-state index in [0.717, 1.165) is 10.9 Å². The van der Waals surface area contributed by atoms with Gasteiger partial charge in [0.1, 0.15) is 11.6 Å². The number of hydrogen-bond donors (Lipinski definition) is 2. The van der Waals surface area contributed by atoms with Gasteiger partial charge in [-0.05, 0) is 44.5 Å². The molecule has 0 bridgehead atoms. The third kappa shape index (κ3) is 5.02. The van der Waals surface area contributed by atoms with E-state index in [1.165, 1.54) is 0 Å². The van der Waals surface area contributed by atoms with Gasteiger partial charge in [0.2, 0.25) is 0 Å². The summed E-state index contributed by atoms with van der Waals surface area (Å²) in [6.07, 6.45) is 6.37. The molecule has 27 heavy (non-hydrogen) atoms. The number of aliphatic carboxylic acids is 1. The third-order valence-electron chi connectivity index (χ3n) is 3.77. The van der Waals surface area contributed by atoms with Gasteiger partial charge in [0, 0.05) is 23.5 Å². The number of nitrogens with one attached hydrogen (secondary N) is 1. The molecule has 1 aromatic heterocycles. The quantitative estimate of drug-likeness (QED) is 0.791. The standard InChI is InChI=1S/C20H21N3O4/c1-5-8-23-12-14(15-9-13(11-21)6-7-17(15)23)10-16(18(24)25)22-19(26)27-20(2,3)4/h1,6-7,9,12,16H,8,10H2,2-4H3,(H,22,26)(H,24,25)/t16-/m0/s1. The van der Waals surface area contributed by atoms with Gasteiger partial charge in [-0.25, -0.2) is 9.59 Å². The average Bonchev–Trinajstić information content (AvgIpc) is 2.89. The van der Waals surface area contributed by atoms with Crippen molar-refractivity contribution in [3.63, 3.8) is 0 Å². The lowest BCUT2D eigenvalue weighted by Gasteiger charge is -2.22. The number of rotatable bonds is 5. The van der Waals surface area contributed by atoms with Crippen LogP contribution in [0.1, 0.15) is 31.9 Å². The van der Waals surface area contributed by atoms with Crippen molar-refractivity contribution in [2.75, 3.05) is 0 Å². The first-order chi connectivity index (χ1) is 12.6. The molecule has 0 aliphatic heterocycles. The normalized spacial score (nSPS) is 12.0. The van der Waals surface area contributed by atoms with Crippen molar-refractivity contribution < 1.29 is 19.4 Å². The highest BCUT2D eigenvalue weighted by atomic mass is 16.6. The van der Waals surface area contributed by atoms with Crippen molar-refractivity contribution in [1.29, 1.82) is 5.26 Å². The Balaban J connectivity index is 2.36. The molecule has 1 amide bonds. The molecule has 2 aromatic rings. The molecule has 0 fully saturated rings. The number of ether oxygens (including phenoxy) is 1. The number of nitrogens with zero attached hydrogens (tertiary/aromatic N) is 2. The van der Waals surface area contributed by atoms with E-state index in [9.17, 15) is 14.7 Å². The van der Waals surface area contributed by atoms with Crippen molar-refractivity contribution in [3.05, 3.63) is 35.5 Å². The average molecular weight is 367 g/mol. The summed E-state index contributed by atoms with van der Waals surface area (Å²) in [4.78, 5) is 23.6. The highest BCUT2D eigenvalue weighted by molar-refractivity contribution is 5.87. The molecule has 0 saturated heterocycles. The highest BCUT2D eigenvalue weighted by Gasteiger charge is 2.25. The van der Waals surface area contributed by atoms with Crippen LogP contribution in [-0.4, -0.2) is 33.4 Å². The Morgan fingerprint density at radius 1 is 1.41 bits per heavy atom. The Bertz CT molecular complexity index is 954. The van der Waals surface area contributed by atoms with Crippen LogP contribution in [-0.2, 0) is 22.5 Å². The van der Waals surface area contributed by atoms with E-state index in [4.69, 9.17) is 16.4 Å². The number of carboxylic acids is 1. The predicted octanol–water partition coefficient (Wildman–Crippen LogP) is 2.67. The summed E-state index contributed by atoms with van der Waals surface area (Å²) in [5.41, 5.74) is 1.18. The Morgan fingerprint density at radius 3 is 2.67 bits per heavy atom. The van der Waals surface area contributed by atoms with Crippen LogP contribution in [0, 0.1) is 23.7 Å². The molecule has 0 saturated carbocycles. The summed E-state index contributed by atoms with van der Waals surface area (Å²) in [6.45, 7) is 5.39. The molecule has 0 spiro atoms. The Labute approximate surface area is 157 Å². The molecular formula is C20H21N3O4. The van der Waals surface area contributed by atoms with Crippen LogP contribution in [0.15, 0.2) is 24.4 Å². The van der Waals surface area contributed by atoms with E-state index < -0.39 is 23.7 Å². The maximum atomic E-state index is 12.0. The third-order valence-corrected chi connectivity index (χ3v) is 3.77. The van der Waals surface area contributed by atoms with E-state index in [1.807, 2.05) is 0 Å². The SMILES string of the molecule is C#CCn1cc(C[C@H](NC(=O)OC(C)(C)C)C(=O)O)c2cc(C#N)ccc21. The number of carbonyl (C=O) groups excluding carboxylic acids is 1. The summed E-state index contributed by atoms with van der Waals surface area (Å²) in [7, 11) is 0. The highest BCUT2D eigenvalue weighted by Crippen LogP contribution is 2.24. The van der Waals surface area contributed by atoms with Gasteiger partial charge in [-0.2, -0.15) is 5.26 Å². The second-order valence-electron chi connectivity index (χ2n) is 7.07. The minimum atomic E-state index is -1.19. The van der Waals surface area contributed by atoms with Gasteiger partial charge >= 0.3 is 12.1 Å². The van der Waals surface area contributed by atoms with E-state index in [-0.39, 0.29) is 6.42 Å². The number of benzene rings is 1. The van der Waals surface area contributed by atoms with Gasteiger partial charge in [0.15, 0.2) is 0 Å². The van der Waals surface area contributed by atoms with Crippen molar-refractivity contribution in [2.45, 2.75) is 45.4 Å². The van der Waals surface area contributed by atoms with Crippen LogP contribution in [0.5, 0.6) is 0 Å². The van der Waals surface area contributed by atoms with Crippen LogP contribution in [0.4, 0.5) is 4.79 Å². The molecule has 0 radical (unpaired) electrons. The lowest BCUT2D eigenvalue weighted by atomic mass is 10.0. The molecule has 7 nitrogen and oxygen atoms in total. The maximum absolute atomic E-state index is 12.0. The second kappa shape index (κ2) is 7.84. The van der Waals surface area contributed by atoms with Gasteiger partial charge in [0.25, 0.3) is 0 Å². The van der Waals surface area contributed by atoms with E-state index in [1.54, 1.807) is 49.7 Å². The van der Waals surface area contributed by atoms with Crippen molar-refractivity contribution in [1.82, 2.24) is 9.88 Å². The lowest BCUT2D eigenvalue weighted by Crippen LogP contribution is -2.44. The lowest BCUT2D eigenvalue weighted by molar-refractivity contribution is -0.139. The summed E-state index contributed by atoms with van der Waals surface area (Å²) >= 11 is 0. The van der Waals surface area contributed by atoms with Crippen LogP contribution in [0.25, 0.3) is 10.9 Å². The number of hydrogen-bond acceptors (Lipinski definition) is 4. The minimum Gasteiger partial charge on any atom is -0.480 e. The summed E-state index contributed by atoms with van der Waals surface area (Å²) in [5.74, 6) is 1.36. The zero-order chi connectivity index (χ0) is 20.2. The smallest absolute Gasteiger partial charge is 0.408 e. The number of nitriles is 1. The number of carbonyl (C=O) groups is 2. The first-order valence-electron chi connectivity index (χ1n) is 8.32. The Hall–Kier alpha value is -3.45. The number of amides is 1. The summed E-state index contributed by atoms with van der Waals surface area (Å²) in [6, 6.07) is 6.01. The summed E-state index contributed by atoms with van der Waals surface area (Å²) in [5, 5.41) is 21.7. The maximum Gasteiger partial charge on any atom is 0.408 e. The zero-order valence-electron chi connectivity index (χ0n) is 15.4. The monoisotopic (exact) mass is 367 g/mol. The molecule has 0 aliphatic carbocycles. The molecule has 1 aromatic carbocycles. The fraction of sp³-hybridized carbons (Fsp3) is 0.350. The molecule has 140 valence electrons. The zero-order valence-corrected chi connectivity index (χ0v) is 15.4. The first-order valence-corrected chi connectivity index (χ1v) is 8.32. The molecule has 7 heteroatoms. The number of fused-ring (bicyclic) bond motifs is 1. The summed E-state index contributed by atoms with van der Waals surface area (Å²) < 4.78 is 6.94. The molecule has 2 N–H and O–H groups in total. The molecular weight excluding hydrogens is 346 g/mol. The van der Waals surface area contributed by atoms with Crippen LogP contribution in [0.3, 0.4) is 0 Å². The number of alkyl carbamates (subject to hydrolysis) is 1. The molecule has 0 unspecified atom stereocenters. The first kappa shape index (κ1) is 19.9. The van der Waals surface area contributed by atoms with Gasteiger partial charge < -0.3 is 19.7 Å². The number of terminal acetylenes is 1. The van der Waals surface area contributed by atoms with Crippen molar-refractivity contribution >= 4 is 23.0 Å². The van der Waals surface area contributed by atoms with Gasteiger partial charge in [0.05, 0.1) is 18.2 Å². The van der Waals surface area contributed by atoms with Crippen LogP contribution >= 0.6 is 0 Å². The topological polar surface area (TPSA) is 104 Å². The Kier molecular flexibility index (Phi) is 5.77. The largest absolute Gasteiger partial charge is 0.480 e. The van der Waals surface area contributed by atoms with Crippen LogP contribution < -0.4 is 5.32 Å². The predicted molar refractivity (Wildman–Crippen MR) is 100.0 cm³/mol. The molecule has 0 aliphatic rings. The fourth-order valence-electron chi connectivity index (χ4n) is 2.70. The van der Waals surface area contributed by atoms with E-state index >= 15 is 0 Å². The van der Waals surface area contributed by atoms with Gasteiger partial charge in [-0.1, -0.05) is 5.92 Å². The second-order valence-corrected chi connectivity index (χ2v) is 7.07. The fourth-order valence-corrected chi connectivity index (χ4v) is 2.70. The number of carboxylic acid groups (broad SMARTS) is 1. The van der Waals surface area contributed by atoms with Crippen molar-refractivity contribution in [3.8, 4) is 18.4 Å². The molecule has 2 rings (SSSR count). The number of aromatic nitrogens is 1. The van der Waals surface area contributed by atoms with Gasteiger partial charge in [-0.15, -0.1) is 6.42 Å². The molecule has 1 atom stereocenters. The van der Waals surface area contributed by atoms with Crippen LogP contribution in [0.2, 0.25) is 0 Å². The van der Waals surface area contributed by atoms with E-state index in [2.05, 4.69) is 17.3 Å².